The summed E-state index contributed by atoms with van der Waals surface area (Å²) in [6.07, 6.45) is 3.07. The summed E-state index contributed by atoms with van der Waals surface area (Å²) in [6, 6.07) is 5.98. The first-order chi connectivity index (χ1) is 9.02. The molecule has 1 aromatic rings. The van der Waals surface area contributed by atoms with Crippen molar-refractivity contribution in [2.75, 3.05) is 6.61 Å². The van der Waals surface area contributed by atoms with Gasteiger partial charge in [-0.15, -0.1) is 0 Å². The number of amides is 1. The molecule has 0 saturated heterocycles. The van der Waals surface area contributed by atoms with Gasteiger partial charge in [-0.3, -0.25) is 4.79 Å². The number of hydrogen-bond donors (Lipinski definition) is 2. The van der Waals surface area contributed by atoms with Gasteiger partial charge in [-0.25, -0.2) is 4.39 Å². The number of halogens is 1. The Morgan fingerprint density at radius 1 is 1.53 bits per heavy atom. The Balaban J connectivity index is 1.87. The molecule has 0 radical (unpaired) electrons. The lowest BCUT2D eigenvalue weighted by atomic mass is 9.85. The van der Waals surface area contributed by atoms with Gasteiger partial charge in [0.25, 0.3) is 0 Å². The van der Waals surface area contributed by atoms with Crippen LogP contribution in [0.25, 0.3) is 0 Å². The number of rotatable bonds is 5. The number of benzene rings is 1. The van der Waals surface area contributed by atoms with Gasteiger partial charge in [0.1, 0.15) is 11.6 Å². The van der Waals surface area contributed by atoms with Crippen molar-refractivity contribution in [3.8, 4) is 5.75 Å². The molecule has 4 N–H and O–H groups in total. The molecule has 1 aliphatic rings. The Morgan fingerprint density at radius 3 is 3.00 bits per heavy atom. The van der Waals surface area contributed by atoms with E-state index in [2.05, 4.69) is 0 Å². The molecule has 19 heavy (non-hydrogen) atoms. The number of carbonyl (C=O) groups is 1. The predicted octanol–water partition coefficient (Wildman–Crippen LogP) is 1.58. The van der Waals surface area contributed by atoms with Crippen LogP contribution in [0.3, 0.4) is 0 Å². The molecule has 0 heterocycles. The molecular formula is C14H19FN2O2. The highest BCUT2D eigenvalue weighted by molar-refractivity contribution is 5.85. The van der Waals surface area contributed by atoms with Crippen molar-refractivity contribution in [1.29, 1.82) is 0 Å². The second-order valence-corrected chi connectivity index (χ2v) is 5.09. The van der Waals surface area contributed by atoms with E-state index >= 15 is 0 Å². The molecule has 1 saturated carbocycles. The number of carbonyl (C=O) groups excluding carboxylic acids is 1. The summed E-state index contributed by atoms with van der Waals surface area (Å²) in [4.78, 5) is 11.4. The van der Waals surface area contributed by atoms with Crippen molar-refractivity contribution in [2.24, 2.45) is 17.4 Å². The van der Waals surface area contributed by atoms with E-state index in [0.29, 0.717) is 25.2 Å². The minimum Gasteiger partial charge on any atom is -0.493 e. The van der Waals surface area contributed by atoms with Crippen LogP contribution in [0.1, 0.15) is 25.7 Å². The van der Waals surface area contributed by atoms with Crippen LogP contribution < -0.4 is 16.2 Å². The molecule has 0 aromatic heterocycles. The Bertz CT molecular complexity index is 467. The zero-order chi connectivity index (χ0) is 13.9. The van der Waals surface area contributed by atoms with Gasteiger partial charge >= 0.3 is 0 Å². The highest BCUT2D eigenvalue weighted by Crippen LogP contribution is 2.35. The van der Waals surface area contributed by atoms with Crippen LogP contribution >= 0.6 is 0 Å². The summed E-state index contributed by atoms with van der Waals surface area (Å²) >= 11 is 0. The maximum Gasteiger partial charge on any atom is 0.237 e. The fraction of sp³-hybridized carbons (Fsp3) is 0.500. The standard InChI is InChI=1S/C14H19FN2O2/c15-11-4-1-5-12(9-11)19-8-6-10-3-2-7-14(10,17)13(16)18/h1,4-5,9-10H,2-3,6-8,17H2,(H2,16,18). The normalized spacial score (nSPS) is 26.3. The van der Waals surface area contributed by atoms with Crippen molar-refractivity contribution in [3.05, 3.63) is 30.1 Å². The average molecular weight is 266 g/mol. The molecule has 2 atom stereocenters. The van der Waals surface area contributed by atoms with Gasteiger partial charge in [0.2, 0.25) is 5.91 Å². The molecule has 5 heteroatoms. The first-order valence-electron chi connectivity index (χ1n) is 6.49. The van der Waals surface area contributed by atoms with Gasteiger partial charge < -0.3 is 16.2 Å². The summed E-state index contributed by atoms with van der Waals surface area (Å²) in [5.74, 6) is -0.248. The Labute approximate surface area is 111 Å². The number of primary amides is 1. The molecule has 0 aliphatic heterocycles. The van der Waals surface area contributed by atoms with Gasteiger partial charge in [0.15, 0.2) is 0 Å². The third-order valence-electron chi connectivity index (χ3n) is 3.86. The first-order valence-corrected chi connectivity index (χ1v) is 6.49. The molecular weight excluding hydrogens is 247 g/mol. The molecule has 1 fully saturated rings. The minimum absolute atomic E-state index is 0.0403. The summed E-state index contributed by atoms with van der Waals surface area (Å²) in [7, 11) is 0. The van der Waals surface area contributed by atoms with Crippen molar-refractivity contribution >= 4 is 5.91 Å². The van der Waals surface area contributed by atoms with E-state index in [4.69, 9.17) is 16.2 Å². The molecule has 104 valence electrons. The molecule has 0 bridgehead atoms. The summed E-state index contributed by atoms with van der Waals surface area (Å²) in [5.41, 5.74) is 10.5. The third-order valence-corrected chi connectivity index (χ3v) is 3.86. The van der Waals surface area contributed by atoms with E-state index in [1.807, 2.05) is 0 Å². The molecule has 2 rings (SSSR count). The van der Waals surface area contributed by atoms with Crippen LogP contribution in [0.4, 0.5) is 4.39 Å². The van der Waals surface area contributed by atoms with E-state index < -0.39 is 11.4 Å². The van der Waals surface area contributed by atoms with Crippen LogP contribution in [0.15, 0.2) is 24.3 Å². The van der Waals surface area contributed by atoms with Crippen molar-refractivity contribution in [3.63, 3.8) is 0 Å². The van der Waals surface area contributed by atoms with Crippen LogP contribution in [0.2, 0.25) is 0 Å². The monoisotopic (exact) mass is 266 g/mol. The quantitative estimate of drug-likeness (QED) is 0.849. The van der Waals surface area contributed by atoms with Crippen molar-refractivity contribution in [1.82, 2.24) is 0 Å². The zero-order valence-corrected chi connectivity index (χ0v) is 10.8. The number of nitrogens with two attached hydrogens (primary N) is 2. The van der Waals surface area contributed by atoms with Gasteiger partial charge in [0.05, 0.1) is 12.1 Å². The molecule has 4 nitrogen and oxygen atoms in total. The Kier molecular flexibility index (Phi) is 4.04. The maximum absolute atomic E-state index is 13.0. The molecule has 2 unspecified atom stereocenters. The van der Waals surface area contributed by atoms with E-state index in [1.165, 1.54) is 12.1 Å². The van der Waals surface area contributed by atoms with Crippen LogP contribution in [-0.2, 0) is 4.79 Å². The van der Waals surface area contributed by atoms with Crippen molar-refractivity contribution < 1.29 is 13.9 Å². The zero-order valence-electron chi connectivity index (χ0n) is 10.8. The van der Waals surface area contributed by atoms with E-state index in [0.717, 1.165) is 12.8 Å². The molecule has 1 aromatic carbocycles. The molecule has 1 amide bonds. The van der Waals surface area contributed by atoms with Crippen molar-refractivity contribution in [2.45, 2.75) is 31.2 Å². The lowest BCUT2D eigenvalue weighted by molar-refractivity contribution is -0.124. The SMILES string of the molecule is NC(=O)C1(N)CCCC1CCOc1cccc(F)c1. The van der Waals surface area contributed by atoms with E-state index in [1.54, 1.807) is 12.1 Å². The highest BCUT2D eigenvalue weighted by Gasteiger charge is 2.43. The summed E-state index contributed by atoms with van der Waals surface area (Å²) in [6.45, 7) is 0.403. The number of ether oxygens (including phenoxy) is 1. The fourth-order valence-electron chi connectivity index (χ4n) is 2.70. The topological polar surface area (TPSA) is 78.3 Å². The summed E-state index contributed by atoms with van der Waals surface area (Å²) in [5, 5.41) is 0. The van der Waals surface area contributed by atoms with Gasteiger partial charge in [-0.1, -0.05) is 12.5 Å². The smallest absolute Gasteiger partial charge is 0.237 e. The van der Waals surface area contributed by atoms with Gasteiger partial charge in [0, 0.05) is 6.07 Å². The van der Waals surface area contributed by atoms with E-state index in [9.17, 15) is 9.18 Å². The highest BCUT2D eigenvalue weighted by atomic mass is 19.1. The van der Waals surface area contributed by atoms with E-state index in [-0.39, 0.29) is 11.7 Å². The summed E-state index contributed by atoms with van der Waals surface area (Å²) < 4.78 is 18.4. The second-order valence-electron chi connectivity index (χ2n) is 5.09. The average Bonchev–Trinajstić information content (AvgIpc) is 2.73. The third kappa shape index (κ3) is 3.04. The second kappa shape index (κ2) is 5.57. The van der Waals surface area contributed by atoms with Gasteiger partial charge in [-0.05, 0) is 37.3 Å². The minimum atomic E-state index is -0.911. The Morgan fingerprint density at radius 2 is 2.32 bits per heavy atom. The fourth-order valence-corrected chi connectivity index (χ4v) is 2.70. The van der Waals surface area contributed by atoms with Gasteiger partial charge in [-0.2, -0.15) is 0 Å². The first kappa shape index (κ1) is 13.8. The predicted molar refractivity (Wildman–Crippen MR) is 70.0 cm³/mol. The maximum atomic E-state index is 13.0. The number of hydrogen-bond acceptors (Lipinski definition) is 3. The van der Waals surface area contributed by atoms with Crippen LogP contribution in [0.5, 0.6) is 5.75 Å². The largest absolute Gasteiger partial charge is 0.493 e. The Hall–Kier alpha value is -1.62. The lowest BCUT2D eigenvalue weighted by Gasteiger charge is -2.27. The lowest BCUT2D eigenvalue weighted by Crippen LogP contribution is -2.54. The van der Waals surface area contributed by atoms with Crippen LogP contribution in [-0.4, -0.2) is 18.1 Å². The molecule has 0 spiro atoms. The van der Waals surface area contributed by atoms with Crippen LogP contribution in [0, 0.1) is 11.7 Å². The molecule has 1 aliphatic carbocycles.